The first-order valence-electron chi connectivity index (χ1n) is 5.91. The highest BCUT2D eigenvalue weighted by atomic mass is 16.4. The van der Waals surface area contributed by atoms with Crippen LogP contribution < -0.4 is 0 Å². The van der Waals surface area contributed by atoms with Gasteiger partial charge in [-0.3, -0.25) is 9.69 Å². The fraction of sp³-hybridized carbons (Fsp3) is 0.357. The molecule has 0 amide bonds. The number of H-pyrrole nitrogens is 1. The maximum Gasteiger partial charge on any atom is 0.324 e. The Bertz CT molecular complexity index is 574. The number of aromatic amines is 1. The molecule has 1 aromatic carbocycles. The van der Waals surface area contributed by atoms with E-state index in [9.17, 15) is 9.90 Å². The van der Waals surface area contributed by atoms with Gasteiger partial charge in [-0.2, -0.15) is 0 Å². The summed E-state index contributed by atoms with van der Waals surface area (Å²) in [4.78, 5) is 16.4. The Balaban J connectivity index is 2.41. The molecule has 0 aliphatic heterocycles. The number of carboxylic acid groups (broad SMARTS) is 1. The van der Waals surface area contributed by atoms with Gasteiger partial charge in [0.1, 0.15) is 5.54 Å². The van der Waals surface area contributed by atoms with Gasteiger partial charge in [-0.25, -0.2) is 0 Å². The van der Waals surface area contributed by atoms with Crippen LogP contribution in [0.2, 0.25) is 0 Å². The van der Waals surface area contributed by atoms with Crippen molar-refractivity contribution < 1.29 is 9.90 Å². The zero-order valence-corrected chi connectivity index (χ0v) is 10.9. The number of carbonyl (C=O) groups is 1. The van der Waals surface area contributed by atoms with Crippen LogP contribution in [0.1, 0.15) is 12.5 Å². The molecule has 18 heavy (non-hydrogen) atoms. The number of fused-ring (bicyclic) bond motifs is 1. The van der Waals surface area contributed by atoms with Gasteiger partial charge >= 0.3 is 5.97 Å². The van der Waals surface area contributed by atoms with E-state index in [0.717, 1.165) is 16.5 Å². The second kappa shape index (κ2) is 4.46. The Kier molecular flexibility index (Phi) is 3.13. The first-order chi connectivity index (χ1) is 8.45. The van der Waals surface area contributed by atoms with Crippen LogP contribution in [0.25, 0.3) is 10.9 Å². The monoisotopic (exact) mass is 246 g/mol. The van der Waals surface area contributed by atoms with E-state index in [1.165, 1.54) is 0 Å². The fourth-order valence-corrected chi connectivity index (χ4v) is 2.07. The van der Waals surface area contributed by atoms with Crippen molar-refractivity contribution in [2.45, 2.75) is 18.9 Å². The maximum absolute atomic E-state index is 11.5. The number of nitrogens with zero attached hydrogens (tertiary/aromatic N) is 1. The molecule has 1 aromatic heterocycles. The van der Waals surface area contributed by atoms with Gasteiger partial charge < -0.3 is 10.1 Å². The van der Waals surface area contributed by atoms with Gasteiger partial charge in [-0.1, -0.05) is 18.2 Å². The minimum Gasteiger partial charge on any atom is -0.480 e. The maximum atomic E-state index is 11.5. The van der Waals surface area contributed by atoms with Gasteiger partial charge in [0.05, 0.1) is 0 Å². The van der Waals surface area contributed by atoms with Crippen molar-refractivity contribution in [2.75, 3.05) is 14.1 Å². The lowest BCUT2D eigenvalue weighted by Gasteiger charge is -2.31. The van der Waals surface area contributed by atoms with Gasteiger partial charge in [0.15, 0.2) is 0 Å². The van der Waals surface area contributed by atoms with E-state index in [2.05, 4.69) is 4.98 Å². The molecule has 1 heterocycles. The first-order valence-corrected chi connectivity index (χ1v) is 5.91. The first kappa shape index (κ1) is 12.6. The standard InChI is InChI=1S/C14H18N2O2/c1-14(13(17)18,16(2)3)8-10-9-15-12-7-5-4-6-11(10)12/h4-7,9,15H,8H2,1-3H3,(H,17,18)/t14-/m0/s1. The lowest BCUT2D eigenvalue weighted by Crippen LogP contribution is -2.50. The van der Waals surface area contributed by atoms with Crippen LogP contribution in [0.4, 0.5) is 0 Å². The molecular weight excluding hydrogens is 228 g/mol. The molecule has 2 N–H and O–H groups in total. The molecule has 2 rings (SSSR count). The molecule has 0 bridgehead atoms. The average molecular weight is 246 g/mol. The summed E-state index contributed by atoms with van der Waals surface area (Å²) in [6.45, 7) is 1.75. The third kappa shape index (κ3) is 1.99. The van der Waals surface area contributed by atoms with Gasteiger partial charge in [-0.05, 0) is 32.6 Å². The average Bonchev–Trinajstić information content (AvgIpc) is 2.72. The Labute approximate surface area is 106 Å². The number of para-hydroxylation sites is 1. The smallest absolute Gasteiger partial charge is 0.324 e. The van der Waals surface area contributed by atoms with Crippen molar-refractivity contribution in [1.29, 1.82) is 0 Å². The van der Waals surface area contributed by atoms with E-state index in [1.807, 2.05) is 30.5 Å². The molecule has 0 saturated heterocycles. The van der Waals surface area contributed by atoms with Crippen LogP contribution in [-0.4, -0.2) is 40.6 Å². The number of nitrogens with one attached hydrogen (secondary N) is 1. The minimum absolute atomic E-state index is 0.472. The van der Waals surface area contributed by atoms with Crippen molar-refractivity contribution in [2.24, 2.45) is 0 Å². The predicted molar refractivity (Wildman–Crippen MR) is 71.7 cm³/mol. The molecular formula is C14H18N2O2. The summed E-state index contributed by atoms with van der Waals surface area (Å²) in [7, 11) is 3.59. The van der Waals surface area contributed by atoms with E-state index < -0.39 is 11.5 Å². The Morgan fingerprint density at radius 2 is 2.06 bits per heavy atom. The molecule has 0 spiro atoms. The van der Waals surface area contributed by atoms with Crippen LogP contribution in [0.3, 0.4) is 0 Å². The molecule has 0 unspecified atom stereocenters. The predicted octanol–water partition coefficient (Wildman–Crippen LogP) is 2.12. The number of hydrogen-bond acceptors (Lipinski definition) is 2. The molecule has 4 nitrogen and oxygen atoms in total. The molecule has 0 radical (unpaired) electrons. The number of likely N-dealkylation sites (N-methyl/N-ethyl adjacent to an activating group) is 1. The molecule has 1 atom stereocenters. The van der Waals surface area contributed by atoms with Crippen LogP contribution in [0.5, 0.6) is 0 Å². The molecule has 0 aliphatic carbocycles. The Morgan fingerprint density at radius 3 is 2.67 bits per heavy atom. The molecule has 0 saturated carbocycles. The van der Waals surface area contributed by atoms with Crippen LogP contribution >= 0.6 is 0 Å². The fourth-order valence-electron chi connectivity index (χ4n) is 2.07. The number of aliphatic carboxylic acids is 1. The molecule has 4 heteroatoms. The Morgan fingerprint density at radius 1 is 1.39 bits per heavy atom. The third-order valence-electron chi connectivity index (χ3n) is 3.66. The molecule has 96 valence electrons. The van der Waals surface area contributed by atoms with Crippen molar-refractivity contribution in [3.05, 3.63) is 36.0 Å². The Hall–Kier alpha value is -1.81. The minimum atomic E-state index is -0.898. The highest BCUT2D eigenvalue weighted by Crippen LogP contribution is 2.25. The number of aromatic nitrogens is 1. The van der Waals surface area contributed by atoms with Crippen molar-refractivity contribution >= 4 is 16.9 Å². The lowest BCUT2D eigenvalue weighted by molar-refractivity contribution is -0.148. The second-order valence-electron chi connectivity index (χ2n) is 5.01. The van der Waals surface area contributed by atoms with Gasteiger partial charge in [0, 0.05) is 23.5 Å². The molecule has 2 aromatic rings. The SMILES string of the molecule is CN(C)[C@@](C)(Cc1c[nH]c2ccccc12)C(=O)O. The lowest BCUT2D eigenvalue weighted by atomic mass is 9.91. The van der Waals surface area contributed by atoms with E-state index in [-0.39, 0.29) is 0 Å². The van der Waals surface area contributed by atoms with Gasteiger partial charge in [-0.15, -0.1) is 0 Å². The highest BCUT2D eigenvalue weighted by molar-refractivity contribution is 5.85. The topological polar surface area (TPSA) is 56.3 Å². The van der Waals surface area contributed by atoms with Crippen molar-refractivity contribution in [3.8, 4) is 0 Å². The summed E-state index contributed by atoms with van der Waals surface area (Å²) >= 11 is 0. The normalized spacial score (nSPS) is 14.9. The van der Waals surface area contributed by atoms with E-state index in [1.54, 1.807) is 25.9 Å². The summed E-state index contributed by atoms with van der Waals surface area (Å²) in [5.41, 5.74) is 1.17. The van der Waals surface area contributed by atoms with Crippen LogP contribution in [0.15, 0.2) is 30.5 Å². The van der Waals surface area contributed by atoms with E-state index in [4.69, 9.17) is 0 Å². The molecule has 0 fully saturated rings. The number of rotatable bonds is 4. The summed E-state index contributed by atoms with van der Waals surface area (Å²) in [5, 5.41) is 10.5. The number of hydrogen-bond donors (Lipinski definition) is 2. The summed E-state index contributed by atoms with van der Waals surface area (Å²) < 4.78 is 0. The number of benzene rings is 1. The van der Waals surface area contributed by atoms with Crippen molar-refractivity contribution in [1.82, 2.24) is 9.88 Å². The largest absolute Gasteiger partial charge is 0.480 e. The van der Waals surface area contributed by atoms with E-state index >= 15 is 0 Å². The summed E-state index contributed by atoms with van der Waals surface area (Å²) in [6.07, 6.45) is 2.37. The van der Waals surface area contributed by atoms with E-state index in [0.29, 0.717) is 6.42 Å². The van der Waals surface area contributed by atoms with Crippen LogP contribution in [-0.2, 0) is 11.2 Å². The van der Waals surface area contributed by atoms with Gasteiger partial charge in [0.2, 0.25) is 0 Å². The summed E-state index contributed by atoms with van der Waals surface area (Å²) in [6, 6.07) is 7.93. The highest BCUT2D eigenvalue weighted by Gasteiger charge is 2.36. The third-order valence-corrected chi connectivity index (χ3v) is 3.66. The molecule has 0 aliphatic rings. The van der Waals surface area contributed by atoms with Gasteiger partial charge in [0.25, 0.3) is 0 Å². The zero-order valence-electron chi connectivity index (χ0n) is 10.9. The quantitative estimate of drug-likeness (QED) is 0.868. The van der Waals surface area contributed by atoms with Crippen molar-refractivity contribution in [3.63, 3.8) is 0 Å². The number of carboxylic acids is 1. The summed E-state index contributed by atoms with van der Waals surface area (Å²) in [5.74, 6) is -0.808. The second-order valence-corrected chi connectivity index (χ2v) is 5.01. The van der Waals surface area contributed by atoms with Crippen LogP contribution in [0, 0.1) is 0 Å². The zero-order chi connectivity index (χ0) is 13.3.